The molecule has 1 fully saturated rings. The number of hydrogen-bond donors (Lipinski definition) is 5. The van der Waals surface area contributed by atoms with Crippen LogP contribution in [0.1, 0.15) is 92.1 Å². The molecule has 248 valence electrons. The lowest BCUT2D eigenvalue weighted by Gasteiger charge is -2.29. The molecular weight excluding hydrogens is 618 g/mol. The second-order valence-corrected chi connectivity index (χ2v) is 12.7. The van der Waals surface area contributed by atoms with Gasteiger partial charge in [-0.2, -0.15) is 0 Å². The molecule has 11 nitrogen and oxygen atoms in total. The number of nitrogens with zero attached hydrogens (tertiary/aromatic N) is 1. The third kappa shape index (κ3) is 11.8. The van der Waals surface area contributed by atoms with Gasteiger partial charge in [0.15, 0.2) is 10.8 Å². The maximum absolute atomic E-state index is 13.4. The molecule has 3 amide bonds. The van der Waals surface area contributed by atoms with Crippen LogP contribution in [-0.4, -0.2) is 70.3 Å². The number of ketones is 1. The summed E-state index contributed by atoms with van der Waals surface area (Å²) in [7, 11) is 0. The smallest absolute Gasteiger partial charge is 0.303 e. The third-order valence-electron chi connectivity index (χ3n) is 8.05. The Balaban J connectivity index is 0.00000705. The molecule has 0 bridgehead atoms. The summed E-state index contributed by atoms with van der Waals surface area (Å²) in [6, 6.07) is 7.50. The fourth-order valence-corrected chi connectivity index (χ4v) is 5.81. The summed E-state index contributed by atoms with van der Waals surface area (Å²) in [5.41, 5.74) is 1.04. The first kappa shape index (κ1) is 37.8. The minimum absolute atomic E-state index is 0. The van der Waals surface area contributed by atoms with Gasteiger partial charge >= 0.3 is 5.97 Å². The molecule has 0 unspecified atom stereocenters. The minimum Gasteiger partial charge on any atom is -0.481 e. The molecule has 3 rings (SSSR count). The van der Waals surface area contributed by atoms with Gasteiger partial charge in [0.05, 0.1) is 6.04 Å². The SMILES string of the molecule is CC[C@H](C)[C@H](NC(=O)[C@@H]1CCCN1)C(=O)N[C@H](CC(=O)c1nc(C(=O)N[C@H](CCC(=O)O)Cc2ccccc2)cs1)C(C)C.Cl. The Morgan fingerprint density at radius 3 is 2.38 bits per heavy atom. The number of nitrogens with one attached hydrogen (secondary N) is 4. The van der Waals surface area contributed by atoms with Crippen LogP contribution in [0.3, 0.4) is 0 Å². The van der Waals surface area contributed by atoms with Crippen molar-refractivity contribution >= 4 is 53.2 Å². The molecule has 1 aliphatic rings. The van der Waals surface area contributed by atoms with Crippen LogP contribution in [-0.2, 0) is 20.8 Å². The van der Waals surface area contributed by atoms with Gasteiger partial charge in [-0.3, -0.25) is 24.0 Å². The fraction of sp³-hybridized carbons (Fsp3) is 0.562. The van der Waals surface area contributed by atoms with E-state index in [0.717, 1.165) is 36.3 Å². The number of benzene rings is 1. The highest BCUT2D eigenvalue weighted by molar-refractivity contribution is 7.11. The van der Waals surface area contributed by atoms with E-state index in [-0.39, 0.29) is 77.8 Å². The highest BCUT2D eigenvalue weighted by Gasteiger charge is 2.32. The van der Waals surface area contributed by atoms with E-state index in [1.54, 1.807) is 0 Å². The molecule has 13 heteroatoms. The Bertz CT molecular complexity index is 1280. The molecule has 5 N–H and O–H groups in total. The predicted molar refractivity (Wildman–Crippen MR) is 176 cm³/mol. The Kier molecular flexibility index (Phi) is 15.6. The van der Waals surface area contributed by atoms with Crippen LogP contribution in [0.5, 0.6) is 0 Å². The van der Waals surface area contributed by atoms with Crippen molar-refractivity contribution in [3.8, 4) is 0 Å². The number of rotatable bonds is 17. The summed E-state index contributed by atoms with van der Waals surface area (Å²) in [6.07, 6.45) is 2.92. The highest BCUT2D eigenvalue weighted by atomic mass is 35.5. The Hall–Kier alpha value is -3.35. The molecule has 2 aromatic rings. The Morgan fingerprint density at radius 1 is 1.07 bits per heavy atom. The summed E-state index contributed by atoms with van der Waals surface area (Å²) in [4.78, 5) is 67.9. The zero-order valence-electron chi connectivity index (χ0n) is 26.3. The van der Waals surface area contributed by atoms with Crippen LogP contribution in [0.25, 0.3) is 0 Å². The van der Waals surface area contributed by atoms with Crippen molar-refractivity contribution in [1.82, 2.24) is 26.3 Å². The van der Waals surface area contributed by atoms with Crippen LogP contribution in [0.4, 0.5) is 0 Å². The molecule has 0 radical (unpaired) electrons. The number of carbonyl (C=O) groups is 5. The molecular formula is C32H46ClN5O6S. The van der Waals surface area contributed by atoms with Crippen molar-refractivity contribution in [2.45, 2.75) is 96.8 Å². The van der Waals surface area contributed by atoms with Crippen LogP contribution in [0.15, 0.2) is 35.7 Å². The molecule has 2 heterocycles. The zero-order chi connectivity index (χ0) is 32.2. The van der Waals surface area contributed by atoms with Gasteiger partial charge in [-0.15, -0.1) is 23.7 Å². The van der Waals surface area contributed by atoms with Crippen molar-refractivity contribution in [1.29, 1.82) is 0 Å². The van der Waals surface area contributed by atoms with Crippen molar-refractivity contribution in [2.24, 2.45) is 11.8 Å². The number of aliphatic carboxylic acids is 1. The maximum Gasteiger partial charge on any atom is 0.303 e. The lowest BCUT2D eigenvalue weighted by atomic mass is 9.94. The van der Waals surface area contributed by atoms with E-state index < -0.39 is 30.0 Å². The monoisotopic (exact) mass is 663 g/mol. The average molecular weight is 664 g/mol. The summed E-state index contributed by atoms with van der Waals surface area (Å²) in [6.45, 7) is 8.45. The van der Waals surface area contributed by atoms with E-state index in [0.29, 0.717) is 12.8 Å². The Labute approximate surface area is 275 Å². The van der Waals surface area contributed by atoms with Crippen LogP contribution in [0.2, 0.25) is 0 Å². The lowest BCUT2D eigenvalue weighted by Crippen LogP contribution is -2.56. The van der Waals surface area contributed by atoms with Gasteiger partial charge in [0, 0.05) is 30.3 Å². The van der Waals surface area contributed by atoms with E-state index in [1.165, 1.54) is 5.38 Å². The van der Waals surface area contributed by atoms with E-state index in [4.69, 9.17) is 5.11 Å². The number of hydrogen-bond acceptors (Lipinski definition) is 8. The first-order valence-electron chi connectivity index (χ1n) is 15.4. The molecule has 1 aromatic heterocycles. The number of aromatic nitrogens is 1. The highest BCUT2D eigenvalue weighted by Crippen LogP contribution is 2.18. The second kappa shape index (κ2) is 18.6. The molecule has 0 saturated carbocycles. The predicted octanol–water partition coefficient (Wildman–Crippen LogP) is 3.77. The lowest BCUT2D eigenvalue weighted by molar-refractivity contribution is -0.137. The number of amides is 3. The van der Waals surface area contributed by atoms with E-state index >= 15 is 0 Å². The van der Waals surface area contributed by atoms with Gasteiger partial charge in [0.1, 0.15) is 11.7 Å². The van der Waals surface area contributed by atoms with Crippen molar-refractivity contribution < 1.29 is 29.1 Å². The topological polar surface area (TPSA) is 167 Å². The first-order chi connectivity index (χ1) is 21.0. The molecule has 1 saturated heterocycles. The quantitative estimate of drug-likeness (QED) is 0.160. The minimum atomic E-state index is -0.950. The van der Waals surface area contributed by atoms with E-state index in [1.807, 2.05) is 58.0 Å². The molecule has 1 aromatic carbocycles. The van der Waals surface area contributed by atoms with E-state index in [9.17, 15) is 24.0 Å². The number of carbonyl (C=O) groups excluding carboxylic acids is 4. The molecule has 0 aliphatic carbocycles. The van der Waals surface area contributed by atoms with Gasteiger partial charge in [0.25, 0.3) is 5.91 Å². The largest absolute Gasteiger partial charge is 0.481 e. The molecule has 1 aliphatic heterocycles. The van der Waals surface area contributed by atoms with Gasteiger partial charge in [-0.1, -0.05) is 64.4 Å². The number of thiazole rings is 1. The number of halogens is 1. The van der Waals surface area contributed by atoms with Gasteiger partial charge in [0.2, 0.25) is 11.8 Å². The van der Waals surface area contributed by atoms with Crippen molar-refractivity contribution in [3.05, 3.63) is 52.0 Å². The zero-order valence-corrected chi connectivity index (χ0v) is 28.0. The first-order valence-corrected chi connectivity index (χ1v) is 16.3. The van der Waals surface area contributed by atoms with E-state index in [2.05, 4.69) is 26.3 Å². The number of Topliss-reactive ketones (excluding diaryl/α,β-unsaturated/α-hetero) is 1. The summed E-state index contributed by atoms with van der Waals surface area (Å²) in [5.74, 6) is -2.45. The second-order valence-electron chi connectivity index (χ2n) is 11.8. The molecule has 5 atom stereocenters. The summed E-state index contributed by atoms with van der Waals surface area (Å²) < 4.78 is 0. The molecule has 0 spiro atoms. The maximum atomic E-state index is 13.4. The van der Waals surface area contributed by atoms with Gasteiger partial charge in [-0.25, -0.2) is 4.98 Å². The average Bonchev–Trinajstić information content (AvgIpc) is 3.71. The standard InChI is InChI=1S/C32H45N5O6S.ClH/c1-5-20(4)28(37-29(41)23-12-9-15-33-23)31(43)35-24(19(2)3)17-26(38)32-36-25(18-44-32)30(42)34-22(13-14-27(39)40)16-21-10-7-6-8-11-21;/h6-8,10-11,18-20,22-24,28,33H,5,9,12-17H2,1-4H3,(H,34,42)(H,35,43)(H,37,41)(H,39,40);1H/t20-,22+,23-,24+,28-;/m0./s1. The van der Waals surface area contributed by atoms with Crippen molar-refractivity contribution in [2.75, 3.05) is 6.54 Å². The number of carboxylic acids is 1. The number of carboxylic acid groups (broad SMARTS) is 1. The summed E-state index contributed by atoms with van der Waals surface area (Å²) >= 11 is 1.05. The van der Waals surface area contributed by atoms with Gasteiger partial charge in [-0.05, 0) is 49.6 Å². The molecule has 45 heavy (non-hydrogen) atoms. The summed E-state index contributed by atoms with van der Waals surface area (Å²) in [5, 5.41) is 22.7. The fourth-order valence-electron chi connectivity index (χ4n) is 5.06. The van der Waals surface area contributed by atoms with Crippen LogP contribution >= 0.6 is 23.7 Å². The van der Waals surface area contributed by atoms with Gasteiger partial charge < -0.3 is 26.4 Å². The van der Waals surface area contributed by atoms with Crippen LogP contribution < -0.4 is 21.3 Å². The normalized spacial score (nSPS) is 17.0. The Morgan fingerprint density at radius 2 is 1.78 bits per heavy atom. The van der Waals surface area contributed by atoms with Crippen molar-refractivity contribution in [3.63, 3.8) is 0 Å². The van der Waals surface area contributed by atoms with Crippen LogP contribution in [0, 0.1) is 11.8 Å². The third-order valence-corrected chi connectivity index (χ3v) is 8.93.